The van der Waals surface area contributed by atoms with E-state index in [9.17, 15) is 14.4 Å². The van der Waals surface area contributed by atoms with Gasteiger partial charge in [-0.25, -0.2) is 0 Å². The molecule has 0 aliphatic heterocycles. The highest BCUT2D eigenvalue weighted by molar-refractivity contribution is 5.54. The van der Waals surface area contributed by atoms with Gasteiger partial charge in [-0.2, -0.15) is 0 Å². The quantitative estimate of drug-likeness (QED) is 0.0380. The molecule has 1 aromatic carbocycles. The fraction of sp³-hybridized carbons (Fsp3) is 0.891. The zero-order valence-electron chi connectivity index (χ0n) is 43.9. The maximum absolute atomic E-state index is 10.5. The number of hydrogen-bond donors (Lipinski definition) is 2. The zero-order valence-corrected chi connectivity index (χ0v) is 43.9. The molecule has 0 spiro atoms. The molecule has 0 saturated carbocycles. The van der Waals surface area contributed by atoms with Gasteiger partial charge in [0.2, 0.25) is 10.9 Å². The van der Waals surface area contributed by atoms with Crippen LogP contribution in [-0.4, -0.2) is 56.2 Å². The first-order chi connectivity index (χ1) is 30.7. The van der Waals surface area contributed by atoms with Gasteiger partial charge in [0.25, 0.3) is 12.9 Å². The van der Waals surface area contributed by atoms with Crippen LogP contribution in [0.4, 0.5) is 5.69 Å². The second kappa shape index (κ2) is 57.8. The average Bonchev–Trinajstić information content (AvgIpc) is 3.29. The smallest absolute Gasteiger partial charge is 0.293 e. The second-order valence-electron chi connectivity index (χ2n) is 17.7. The highest BCUT2D eigenvalue weighted by Crippen LogP contribution is 2.24. The predicted molar refractivity (Wildman–Crippen MR) is 278 cm³/mol. The van der Waals surface area contributed by atoms with Crippen molar-refractivity contribution >= 4 is 18.6 Å². The third kappa shape index (κ3) is 47.6. The summed E-state index contributed by atoms with van der Waals surface area (Å²) in [6, 6.07) is 0. The van der Waals surface area contributed by atoms with Crippen molar-refractivity contribution in [3.05, 3.63) is 26.0 Å². The number of hydrogen-bond acceptors (Lipinski definition) is 7. The first-order valence-electron chi connectivity index (χ1n) is 27.1. The lowest BCUT2D eigenvalue weighted by Crippen LogP contribution is -2.36. The van der Waals surface area contributed by atoms with E-state index >= 15 is 0 Å². The summed E-state index contributed by atoms with van der Waals surface area (Å²) < 4.78 is 4.80. The van der Waals surface area contributed by atoms with Crippen LogP contribution >= 0.6 is 0 Å². The number of carboxylic acid groups (broad SMARTS) is 1. The average molecular weight is 895 g/mol. The molecule has 2 N–H and O–H groups in total. The van der Waals surface area contributed by atoms with Crippen molar-refractivity contribution in [2.75, 3.05) is 38.6 Å². The highest BCUT2D eigenvalue weighted by atomic mass is 16.5. The maximum atomic E-state index is 10.5. The van der Waals surface area contributed by atoms with E-state index in [1.807, 2.05) is 13.8 Å². The van der Waals surface area contributed by atoms with Crippen LogP contribution in [0.3, 0.4) is 0 Å². The molecule has 0 aliphatic carbocycles. The monoisotopic (exact) mass is 895 g/mol. The summed E-state index contributed by atoms with van der Waals surface area (Å²) in [4.78, 5) is 42.2. The minimum atomic E-state index is -0.394. The lowest BCUT2D eigenvalue weighted by atomic mass is 9.90. The normalized spacial score (nSPS) is 10.6. The van der Waals surface area contributed by atoms with Crippen molar-refractivity contribution in [2.24, 2.45) is 11.8 Å². The molecule has 1 rings (SSSR count). The molecule has 0 unspecified atom stereocenters. The summed E-state index contributed by atoms with van der Waals surface area (Å²) in [7, 11) is 1.63. The number of rotatable bonds is 41. The number of anilines is 1. The predicted octanol–water partition coefficient (Wildman–Crippen LogP) is 16.0. The summed E-state index contributed by atoms with van der Waals surface area (Å²) >= 11 is 0. The topological polar surface area (TPSA) is 113 Å². The number of nitrogens with zero attached hydrogens (tertiary/aromatic N) is 1. The third-order valence-corrected chi connectivity index (χ3v) is 12.2. The molecule has 0 saturated heterocycles. The minimum absolute atomic E-state index is 0.250. The lowest BCUT2D eigenvalue weighted by molar-refractivity contribution is -0.129. The number of carbonyl (C=O) groups is 2. The molecule has 8 nitrogen and oxygen atoms in total. The second-order valence-corrected chi connectivity index (χ2v) is 17.7. The molecular weight excluding hydrogens is 785 g/mol. The first kappa shape index (κ1) is 67.4. The van der Waals surface area contributed by atoms with Gasteiger partial charge in [0.05, 0.1) is 12.3 Å². The Labute approximate surface area is 392 Å². The SMILES string of the molecule is CC.CCCCCC(CCCCC)CCOC=O.CCCCCCCCN(CCCC)CCCCCCCCCC(CCCCC)CCCCC.CNc1c(C)c(=O)c1=O.O=CO. The van der Waals surface area contributed by atoms with Crippen molar-refractivity contribution in [1.82, 2.24) is 4.90 Å². The van der Waals surface area contributed by atoms with E-state index in [1.54, 1.807) is 14.0 Å². The van der Waals surface area contributed by atoms with Gasteiger partial charge < -0.3 is 20.1 Å². The summed E-state index contributed by atoms with van der Waals surface area (Å²) in [6.07, 6.45) is 46.2. The Morgan fingerprint density at radius 1 is 0.492 bits per heavy atom. The maximum Gasteiger partial charge on any atom is 0.293 e. The lowest BCUT2D eigenvalue weighted by Gasteiger charge is -2.22. The van der Waals surface area contributed by atoms with Crippen LogP contribution in [0.2, 0.25) is 0 Å². The summed E-state index contributed by atoms with van der Waals surface area (Å²) in [5, 5.41) is 9.53. The van der Waals surface area contributed by atoms with E-state index in [-0.39, 0.29) is 11.9 Å². The molecule has 0 bridgehead atoms. The van der Waals surface area contributed by atoms with Crippen LogP contribution in [0.1, 0.15) is 273 Å². The van der Waals surface area contributed by atoms with E-state index in [4.69, 9.17) is 14.6 Å². The number of nitrogens with one attached hydrogen (secondary N) is 1. The Morgan fingerprint density at radius 3 is 1.13 bits per heavy atom. The molecular formula is C55H110N2O6. The summed E-state index contributed by atoms with van der Waals surface area (Å²) in [6.45, 7) is 24.4. The Balaban J connectivity index is -0.000000473. The molecule has 63 heavy (non-hydrogen) atoms. The van der Waals surface area contributed by atoms with Gasteiger partial charge in [0, 0.05) is 12.6 Å². The molecule has 8 heteroatoms. The van der Waals surface area contributed by atoms with E-state index in [2.05, 4.69) is 51.8 Å². The fourth-order valence-corrected chi connectivity index (χ4v) is 8.17. The van der Waals surface area contributed by atoms with Gasteiger partial charge >= 0.3 is 0 Å². The molecule has 0 aromatic heterocycles. The van der Waals surface area contributed by atoms with Gasteiger partial charge in [-0.3, -0.25) is 19.2 Å². The zero-order chi connectivity index (χ0) is 48.0. The molecule has 0 amide bonds. The Bertz CT molecular complexity index is 1070. The molecule has 0 atom stereocenters. The number of carbonyl (C=O) groups excluding carboxylic acids is 1. The van der Waals surface area contributed by atoms with Gasteiger partial charge in [-0.15, -0.1) is 0 Å². The van der Waals surface area contributed by atoms with Crippen LogP contribution in [-0.2, 0) is 14.3 Å². The number of ether oxygens (including phenoxy) is 1. The molecule has 0 fully saturated rings. The minimum Gasteiger partial charge on any atom is -0.483 e. The Hall–Kier alpha value is -2.22. The first-order valence-corrected chi connectivity index (χ1v) is 27.1. The number of unbranched alkanes of at least 4 members (excludes halogenated alkanes) is 20. The highest BCUT2D eigenvalue weighted by Gasteiger charge is 2.14. The van der Waals surface area contributed by atoms with E-state index in [1.165, 1.54) is 225 Å². The molecule has 0 heterocycles. The van der Waals surface area contributed by atoms with E-state index < -0.39 is 5.43 Å². The van der Waals surface area contributed by atoms with Crippen LogP contribution < -0.4 is 16.2 Å². The van der Waals surface area contributed by atoms with Crippen molar-refractivity contribution in [1.29, 1.82) is 0 Å². The molecule has 1 aromatic rings. The summed E-state index contributed by atoms with van der Waals surface area (Å²) in [5.74, 6) is 1.79. The standard InChI is InChI=1S/C32H67N.C14H28O2.C6H7NO2.C2H6.CH2O2/c1-5-9-13-14-19-24-30-33(29-12-8-4)31-25-20-17-15-16-18-23-28-32(26-21-10-6-2)27-22-11-7-3;1-3-5-7-9-14(10-8-6-4-2)11-12-16-13-15;1-3-4(7-2)6(9)5(3)8;1-2;2-1-3/h32H,5-31H2,1-4H3;13-14H,3-12H2,1-2H3;7H,1-2H3;1-2H3;1H,(H,2,3). The van der Waals surface area contributed by atoms with E-state index in [0.29, 0.717) is 24.3 Å². The molecule has 0 radical (unpaired) electrons. The van der Waals surface area contributed by atoms with Crippen LogP contribution in [0.15, 0.2) is 9.59 Å². The van der Waals surface area contributed by atoms with Gasteiger partial charge in [-0.05, 0) is 64.1 Å². The van der Waals surface area contributed by atoms with Crippen LogP contribution in [0.25, 0.3) is 0 Å². The van der Waals surface area contributed by atoms with Crippen molar-refractivity contribution in [3.63, 3.8) is 0 Å². The summed E-state index contributed by atoms with van der Waals surface area (Å²) in [5.41, 5.74) is 0.247. The fourth-order valence-electron chi connectivity index (χ4n) is 8.17. The van der Waals surface area contributed by atoms with Crippen molar-refractivity contribution < 1.29 is 19.4 Å². The third-order valence-electron chi connectivity index (χ3n) is 12.2. The van der Waals surface area contributed by atoms with Crippen LogP contribution in [0, 0.1) is 18.8 Å². The van der Waals surface area contributed by atoms with Gasteiger partial charge in [0.1, 0.15) is 0 Å². The molecule has 376 valence electrons. The van der Waals surface area contributed by atoms with Gasteiger partial charge in [0.15, 0.2) is 0 Å². The van der Waals surface area contributed by atoms with Crippen molar-refractivity contribution in [2.45, 2.75) is 274 Å². The Morgan fingerprint density at radius 2 is 0.794 bits per heavy atom. The molecule has 0 aliphatic rings. The Kier molecular flexibility index (Phi) is 61.8. The largest absolute Gasteiger partial charge is 0.483 e. The van der Waals surface area contributed by atoms with Gasteiger partial charge in [-0.1, -0.05) is 242 Å². The van der Waals surface area contributed by atoms with Crippen molar-refractivity contribution in [3.8, 4) is 0 Å². The van der Waals surface area contributed by atoms with E-state index in [0.717, 1.165) is 18.3 Å². The van der Waals surface area contributed by atoms with Crippen LogP contribution in [0.5, 0.6) is 0 Å².